The fourth-order valence-corrected chi connectivity index (χ4v) is 3.35. The Morgan fingerprint density at radius 1 is 1.04 bits per heavy atom. The molecule has 1 aliphatic rings. The van der Waals surface area contributed by atoms with E-state index in [2.05, 4.69) is 22.6 Å². The van der Waals surface area contributed by atoms with Gasteiger partial charge in [-0.25, -0.2) is 0 Å². The summed E-state index contributed by atoms with van der Waals surface area (Å²) in [5.74, 6) is 0.667. The molecule has 0 aliphatic carbocycles. The number of aliphatic hydroxyl groups excluding tert-OH is 1. The molecule has 1 N–H and O–H groups in total. The Balaban J connectivity index is 1.66. The Kier molecular flexibility index (Phi) is 6.88. The van der Waals surface area contributed by atoms with Gasteiger partial charge in [-0.1, -0.05) is 30.3 Å². The van der Waals surface area contributed by atoms with Gasteiger partial charge < -0.3 is 24.1 Å². The maximum absolute atomic E-state index is 10.8. The molecule has 1 saturated heterocycles. The smallest absolute Gasteiger partial charge is 0.229 e. The molecule has 0 amide bonds. The van der Waals surface area contributed by atoms with Crippen LogP contribution in [-0.4, -0.2) is 42.9 Å². The van der Waals surface area contributed by atoms with Crippen LogP contribution in [0.15, 0.2) is 54.6 Å². The molecular formula is C20H23IO5. The lowest BCUT2D eigenvalue weighted by atomic mass is 9.99. The minimum atomic E-state index is -0.860. The fourth-order valence-electron chi connectivity index (χ4n) is 2.99. The Bertz CT molecular complexity index is 678. The summed E-state index contributed by atoms with van der Waals surface area (Å²) in [6.07, 6.45) is -3.06. The van der Waals surface area contributed by atoms with Crippen LogP contribution in [0.2, 0.25) is 0 Å². The number of methoxy groups -OCH3 is 1. The fraction of sp³-hybridized carbons (Fsp3) is 0.400. The highest BCUT2D eigenvalue weighted by molar-refractivity contribution is 14.1. The summed E-state index contributed by atoms with van der Waals surface area (Å²) in [4.78, 5) is 0. The van der Waals surface area contributed by atoms with E-state index in [1.165, 1.54) is 7.11 Å². The molecule has 1 fully saturated rings. The van der Waals surface area contributed by atoms with E-state index < -0.39 is 24.6 Å². The maximum Gasteiger partial charge on any atom is 0.229 e. The van der Waals surface area contributed by atoms with Crippen LogP contribution in [0.4, 0.5) is 0 Å². The van der Waals surface area contributed by atoms with Gasteiger partial charge in [0.1, 0.15) is 24.1 Å². The molecule has 0 unspecified atom stereocenters. The van der Waals surface area contributed by atoms with Crippen molar-refractivity contribution in [3.8, 4) is 5.75 Å². The molecule has 1 aliphatic heterocycles. The predicted molar refractivity (Wildman–Crippen MR) is 106 cm³/mol. The van der Waals surface area contributed by atoms with Crippen molar-refractivity contribution in [2.45, 2.75) is 44.2 Å². The van der Waals surface area contributed by atoms with E-state index >= 15 is 0 Å². The lowest BCUT2D eigenvalue weighted by molar-refractivity contribution is -0.283. The molecule has 6 heteroatoms. The van der Waals surface area contributed by atoms with E-state index in [-0.39, 0.29) is 6.10 Å². The van der Waals surface area contributed by atoms with Crippen molar-refractivity contribution in [1.82, 2.24) is 0 Å². The molecular weight excluding hydrogens is 447 g/mol. The van der Waals surface area contributed by atoms with Gasteiger partial charge in [0.2, 0.25) is 6.29 Å². The summed E-state index contributed by atoms with van der Waals surface area (Å²) in [5.41, 5.74) is 1.04. The number of hydrogen-bond donors (Lipinski definition) is 1. The Labute approximate surface area is 167 Å². The third-order valence-corrected chi connectivity index (χ3v) is 5.10. The van der Waals surface area contributed by atoms with Crippen molar-refractivity contribution in [2.24, 2.45) is 0 Å². The van der Waals surface area contributed by atoms with Gasteiger partial charge in [0, 0.05) is 10.7 Å². The van der Waals surface area contributed by atoms with Crippen LogP contribution in [0.5, 0.6) is 5.75 Å². The molecule has 26 heavy (non-hydrogen) atoms. The average Bonchev–Trinajstić information content (AvgIpc) is 2.64. The molecule has 2 aromatic rings. The van der Waals surface area contributed by atoms with Crippen LogP contribution in [0, 0.1) is 3.57 Å². The molecule has 2 aromatic carbocycles. The minimum absolute atomic E-state index is 0.339. The number of hydrogen-bond acceptors (Lipinski definition) is 5. The van der Waals surface area contributed by atoms with Crippen LogP contribution in [0.25, 0.3) is 0 Å². The van der Waals surface area contributed by atoms with Crippen molar-refractivity contribution >= 4 is 22.6 Å². The van der Waals surface area contributed by atoms with Gasteiger partial charge in [-0.05, 0) is 59.3 Å². The van der Waals surface area contributed by atoms with E-state index in [1.807, 2.05) is 61.5 Å². The number of benzene rings is 2. The monoisotopic (exact) mass is 470 g/mol. The average molecular weight is 470 g/mol. The zero-order valence-electron chi connectivity index (χ0n) is 14.7. The number of aliphatic hydroxyl groups is 1. The van der Waals surface area contributed by atoms with Crippen molar-refractivity contribution in [3.63, 3.8) is 0 Å². The van der Waals surface area contributed by atoms with E-state index in [1.54, 1.807) is 0 Å². The second-order valence-corrected chi connectivity index (χ2v) is 7.48. The molecule has 3 rings (SSSR count). The zero-order valence-corrected chi connectivity index (χ0v) is 16.9. The first-order valence-electron chi connectivity index (χ1n) is 8.52. The van der Waals surface area contributed by atoms with Gasteiger partial charge in [-0.2, -0.15) is 0 Å². The Morgan fingerprint density at radius 3 is 2.38 bits per heavy atom. The van der Waals surface area contributed by atoms with Gasteiger partial charge in [0.15, 0.2) is 0 Å². The van der Waals surface area contributed by atoms with Crippen LogP contribution in [0.1, 0.15) is 12.5 Å². The molecule has 5 nitrogen and oxygen atoms in total. The highest BCUT2D eigenvalue weighted by atomic mass is 127. The predicted octanol–water partition coefficient (Wildman–Crippen LogP) is 3.38. The van der Waals surface area contributed by atoms with E-state index in [9.17, 15) is 5.11 Å². The Hall–Kier alpha value is -1.19. The van der Waals surface area contributed by atoms with Crippen LogP contribution < -0.4 is 4.74 Å². The van der Waals surface area contributed by atoms with Crippen molar-refractivity contribution in [1.29, 1.82) is 0 Å². The second-order valence-electron chi connectivity index (χ2n) is 6.23. The molecule has 0 spiro atoms. The van der Waals surface area contributed by atoms with Crippen LogP contribution >= 0.6 is 22.6 Å². The van der Waals surface area contributed by atoms with E-state index in [4.69, 9.17) is 18.9 Å². The van der Waals surface area contributed by atoms with Gasteiger partial charge in [-0.3, -0.25) is 0 Å². The molecule has 0 saturated carbocycles. The zero-order chi connectivity index (χ0) is 18.5. The summed E-state index contributed by atoms with van der Waals surface area (Å²) in [5, 5.41) is 10.8. The van der Waals surface area contributed by atoms with Gasteiger partial charge in [0.25, 0.3) is 0 Å². The third-order valence-electron chi connectivity index (χ3n) is 4.38. The lowest BCUT2D eigenvalue weighted by Crippen LogP contribution is -2.59. The number of ether oxygens (including phenoxy) is 4. The van der Waals surface area contributed by atoms with Gasteiger partial charge in [0.05, 0.1) is 12.7 Å². The van der Waals surface area contributed by atoms with Gasteiger partial charge in [-0.15, -0.1) is 0 Å². The minimum Gasteiger partial charge on any atom is -0.462 e. The normalized spacial score (nSPS) is 28.7. The van der Waals surface area contributed by atoms with E-state index in [0.717, 1.165) is 9.13 Å². The summed E-state index contributed by atoms with van der Waals surface area (Å²) >= 11 is 2.23. The molecule has 0 radical (unpaired) electrons. The van der Waals surface area contributed by atoms with Crippen molar-refractivity contribution < 1.29 is 24.1 Å². The van der Waals surface area contributed by atoms with Crippen molar-refractivity contribution in [2.75, 3.05) is 7.11 Å². The largest absolute Gasteiger partial charge is 0.462 e. The molecule has 1 heterocycles. The first-order chi connectivity index (χ1) is 12.6. The van der Waals surface area contributed by atoms with Crippen LogP contribution in [-0.2, 0) is 20.8 Å². The Morgan fingerprint density at radius 2 is 1.73 bits per heavy atom. The van der Waals surface area contributed by atoms with Crippen LogP contribution in [0.3, 0.4) is 0 Å². The maximum atomic E-state index is 10.8. The SMILES string of the molecule is CO[C@H]1[C@H](Oc2ccc(I)cc2)O[C@@H](C)[C@H](OCc2ccccc2)[C@H]1O. The van der Waals surface area contributed by atoms with E-state index in [0.29, 0.717) is 12.4 Å². The number of rotatable bonds is 6. The molecule has 0 aromatic heterocycles. The number of halogens is 1. The van der Waals surface area contributed by atoms with Crippen molar-refractivity contribution in [3.05, 3.63) is 63.7 Å². The first-order valence-corrected chi connectivity index (χ1v) is 9.60. The van der Waals surface area contributed by atoms with Gasteiger partial charge >= 0.3 is 0 Å². The molecule has 140 valence electrons. The first kappa shape index (κ1) is 19.6. The summed E-state index contributed by atoms with van der Waals surface area (Å²) in [6.45, 7) is 2.27. The lowest BCUT2D eigenvalue weighted by Gasteiger charge is -2.42. The highest BCUT2D eigenvalue weighted by Gasteiger charge is 2.45. The standard InChI is InChI=1S/C20H23IO5/c1-13-18(24-12-14-6-4-3-5-7-14)17(22)19(23-2)20(25-13)26-16-10-8-15(21)9-11-16/h3-11,13,17-20,22H,12H2,1-2H3/t13-,17+,18-,19+,20-/m0/s1. The quantitative estimate of drug-likeness (QED) is 0.657. The third kappa shape index (κ3) is 4.75. The topological polar surface area (TPSA) is 57.2 Å². The molecule has 0 bridgehead atoms. The second kappa shape index (κ2) is 9.14. The summed E-state index contributed by atoms with van der Waals surface area (Å²) in [7, 11) is 1.53. The molecule has 5 atom stereocenters. The highest BCUT2D eigenvalue weighted by Crippen LogP contribution is 2.28. The summed E-state index contributed by atoms with van der Waals surface area (Å²) in [6, 6.07) is 17.5. The summed E-state index contributed by atoms with van der Waals surface area (Å²) < 4.78 is 24.4.